The quantitative estimate of drug-likeness (QED) is 0.474. The van der Waals surface area contributed by atoms with Crippen molar-refractivity contribution in [3.63, 3.8) is 0 Å². The molecule has 0 radical (unpaired) electrons. The van der Waals surface area contributed by atoms with Gasteiger partial charge in [0.15, 0.2) is 5.75 Å². The summed E-state index contributed by atoms with van der Waals surface area (Å²) in [5, 5.41) is 17.9. The van der Waals surface area contributed by atoms with Gasteiger partial charge in [-0.3, -0.25) is 0 Å². The summed E-state index contributed by atoms with van der Waals surface area (Å²) in [5.74, 6) is -0.603. The van der Waals surface area contributed by atoms with Crippen molar-refractivity contribution >= 4 is 40.8 Å². The van der Waals surface area contributed by atoms with Crippen molar-refractivity contribution in [2.45, 2.75) is 20.0 Å². The molecule has 26 heavy (non-hydrogen) atoms. The molecule has 0 heterocycles. The third-order valence-corrected chi connectivity index (χ3v) is 4.36. The van der Waals surface area contributed by atoms with Gasteiger partial charge in [-0.2, -0.15) is 10.5 Å². The Hall–Kier alpha value is -2.44. The molecular formula is C18H11Cl3N2O3. The number of hydrogen-bond donors (Lipinski definition) is 0. The number of para-hydroxylation sites is 1. The summed E-state index contributed by atoms with van der Waals surface area (Å²) in [6.07, 6.45) is -0.322. The average Bonchev–Trinajstić information content (AvgIpc) is 2.61. The minimum atomic E-state index is -0.594. The number of halogens is 3. The summed E-state index contributed by atoms with van der Waals surface area (Å²) < 4.78 is 10.9. The van der Waals surface area contributed by atoms with Crippen LogP contribution < -0.4 is 4.74 Å². The smallest absolute Gasteiger partial charge is 0.342 e. The van der Waals surface area contributed by atoms with Crippen LogP contribution in [0.3, 0.4) is 0 Å². The molecule has 0 saturated heterocycles. The van der Waals surface area contributed by atoms with Crippen molar-refractivity contribution in [3.05, 3.63) is 56.0 Å². The molecule has 0 unspecified atom stereocenters. The molecule has 0 aromatic heterocycles. The number of esters is 1. The molecule has 0 bridgehead atoms. The predicted molar refractivity (Wildman–Crippen MR) is 98.0 cm³/mol. The monoisotopic (exact) mass is 408 g/mol. The number of nitrogens with zero attached hydrogens (tertiary/aromatic N) is 2. The number of ether oxygens (including phenoxy) is 2. The van der Waals surface area contributed by atoms with Gasteiger partial charge in [-0.05, 0) is 26.0 Å². The zero-order valence-corrected chi connectivity index (χ0v) is 15.9. The van der Waals surface area contributed by atoms with Crippen LogP contribution in [0.1, 0.15) is 35.3 Å². The van der Waals surface area contributed by atoms with Crippen LogP contribution in [0.4, 0.5) is 0 Å². The van der Waals surface area contributed by atoms with Crippen LogP contribution in [0.25, 0.3) is 0 Å². The molecule has 0 aliphatic heterocycles. The Balaban J connectivity index is 2.58. The van der Waals surface area contributed by atoms with E-state index in [4.69, 9.17) is 49.5 Å². The van der Waals surface area contributed by atoms with Crippen LogP contribution in [0.5, 0.6) is 11.5 Å². The maximum atomic E-state index is 12.2. The van der Waals surface area contributed by atoms with Gasteiger partial charge in [0.25, 0.3) is 0 Å². The van der Waals surface area contributed by atoms with E-state index < -0.39 is 5.97 Å². The van der Waals surface area contributed by atoms with Crippen LogP contribution >= 0.6 is 34.8 Å². The number of rotatable bonds is 4. The lowest BCUT2D eigenvalue weighted by molar-refractivity contribution is 0.0375. The molecule has 2 rings (SSSR count). The van der Waals surface area contributed by atoms with Gasteiger partial charge in [0, 0.05) is 0 Å². The fourth-order valence-corrected chi connectivity index (χ4v) is 2.82. The second-order valence-corrected chi connectivity index (χ2v) is 6.43. The van der Waals surface area contributed by atoms with Crippen molar-refractivity contribution in [2.24, 2.45) is 0 Å². The molecule has 0 amide bonds. The topological polar surface area (TPSA) is 83.1 Å². The number of benzene rings is 2. The zero-order valence-electron chi connectivity index (χ0n) is 13.6. The molecule has 0 fully saturated rings. The highest BCUT2D eigenvalue weighted by Crippen LogP contribution is 2.45. The minimum absolute atomic E-state index is 0.117. The number of nitriles is 2. The van der Waals surface area contributed by atoms with Crippen molar-refractivity contribution in [1.29, 1.82) is 10.5 Å². The van der Waals surface area contributed by atoms with Crippen LogP contribution in [0.15, 0.2) is 24.3 Å². The van der Waals surface area contributed by atoms with E-state index in [0.717, 1.165) is 0 Å². The SMILES string of the molecule is CC(C)OC(=O)c1ccccc1Oc1c(Cl)c(Cl)c(C#N)c(C#N)c1Cl. The van der Waals surface area contributed by atoms with Gasteiger partial charge in [0.2, 0.25) is 0 Å². The molecule has 0 aliphatic rings. The molecule has 2 aromatic rings. The van der Waals surface area contributed by atoms with E-state index in [2.05, 4.69) is 0 Å². The van der Waals surface area contributed by atoms with E-state index in [-0.39, 0.29) is 49.4 Å². The van der Waals surface area contributed by atoms with E-state index in [1.807, 2.05) is 0 Å². The van der Waals surface area contributed by atoms with Crippen molar-refractivity contribution in [2.75, 3.05) is 0 Å². The third-order valence-electron chi connectivity index (χ3n) is 3.17. The fourth-order valence-electron chi connectivity index (χ4n) is 2.05. The highest BCUT2D eigenvalue weighted by molar-refractivity contribution is 6.46. The second kappa shape index (κ2) is 8.29. The molecule has 0 spiro atoms. The summed E-state index contributed by atoms with van der Waals surface area (Å²) in [5.41, 5.74) is -0.169. The lowest BCUT2D eigenvalue weighted by Gasteiger charge is -2.16. The first kappa shape index (κ1) is 19.9. The highest BCUT2D eigenvalue weighted by Gasteiger charge is 2.24. The summed E-state index contributed by atoms with van der Waals surface area (Å²) in [4.78, 5) is 12.2. The van der Waals surface area contributed by atoms with Gasteiger partial charge < -0.3 is 9.47 Å². The van der Waals surface area contributed by atoms with Gasteiger partial charge in [-0.25, -0.2) is 4.79 Å². The normalized spacial score (nSPS) is 10.2. The molecular weight excluding hydrogens is 399 g/mol. The molecule has 0 saturated carbocycles. The van der Waals surface area contributed by atoms with Crippen molar-refractivity contribution in [1.82, 2.24) is 0 Å². The van der Waals surface area contributed by atoms with Crippen LogP contribution in [-0.4, -0.2) is 12.1 Å². The largest absolute Gasteiger partial charge is 0.459 e. The first-order valence-corrected chi connectivity index (χ1v) is 8.43. The molecule has 5 nitrogen and oxygen atoms in total. The molecule has 8 heteroatoms. The highest BCUT2D eigenvalue weighted by atomic mass is 35.5. The Bertz CT molecular complexity index is 960. The molecule has 0 N–H and O–H groups in total. The van der Waals surface area contributed by atoms with Gasteiger partial charge >= 0.3 is 5.97 Å². The Morgan fingerprint density at radius 3 is 2.15 bits per heavy atom. The maximum Gasteiger partial charge on any atom is 0.342 e. The van der Waals surface area contributed by atoms with Crippen LogP contribution in [0, 0.1) is 22.7 Å². The van der Waals surface area contributed by atoms with E-state index >= 15 is 0 Å². The van der Waals surface area contributed by atoms with Gasteiger partial charge in [0.1, 0.15) is 33.5 Å². The van der Waals surface area contributed by atoms with E-state index in [0.29, 0.717) is 0 Å². The van der Waals surface area contributed by atoms with Gasteiger partial charge in [-0.1, -0.05) is 46.9 Å². The van der Waals surface area contributed by atoms with Crippen molar-refractivity contribution in [3.8, 4) is 23.6 Å². The summed E-state index contributed by atoms with van der Waals surface area (Å²) in [7, 11) is 0. The minimum Gasteiger partial charge on any atom is -0.459 e. The molecule has 2 aromatic carbocycles. The summed E-state index contributed by atoms with van der Waals surface area (Å²) in [6, 6.07) is 9.89. The second-order valence-electron chi connectivity index (χ2n) is 5.30. The molecule has 0 aliphatic carbocycles. The van der Waals surface area contributed by atoms with Gasteiger partial charge in [0.05, 0.1) is 22.3 Å². The number of carbonyl (C=O) groups excluding carboxylic acids is 1. The predicted octanol–water partition coefficient (Wildman–Crippen LogP) is 5.75. The molecule has 132 valence electrons. The lowest BCUT2D eigenvalue weighted by atomic mass is 10.1. The maximum absolute atomic E-state index is 12.2. The Labute approximate surface area is 165 Å². The number of hydrogen-bond acceptors (Lipinski definition) is 5. The summed E-state index contributed by atoms with van der Waals surface area (Å²) in [6.45, 7) is 3.43. The van der Waals surface area contributed by atoms with Crippen LogP contribution in [0.2, 0.25) is 15.1 Å². The Kier molecular flexibility index (Phi) is 6.34. The summed E-state index contributed by atoms with van der Waals surface area (Å²) >= 11 is 18.4. The lowest BCUT2D eigenvalue weighted by Crippen LogP contribution is -2.12. The van der Waals surface area contributed by atoms with Crippen LogP contribution in [-0.2, 0) is 4.74 Å². The molecule has 0 atom stereocenters. The Morgan fingerprint density at radius 2 is 1.58 bits per heavy atom. The first-order valence-electron chi connectivity index (χ1n) is 7.30. The van der Waals surface area contributed by atoms with Crippen molar-refractivity contribution < 1.29 is 14.3 Å². The fraction of sp³-hybridized carbons (Fsp3) is 0.167. The van der Waals surface area contributed by atoms with E-state index in [9.17, 15) is 10.1 Å². The van der Waals surface area contributed by atoms with E-state index in [1.165, 1.54) is 12.1 Å². The average molecular weight is 410 g/mol. The third kappa shape index (κ3) is 3.86. The first-order chi connectivity index (χ1) is 12.3. The van der Waals surface area contributed by atoms with Gasteiger partial charge in [-0.15, -0.1) is 0 Å². The number of carbonyl (C=O) groups is 1. The Morgan fingerprint density at radius 1 is 1.00 bits per heavy atom. The standard InChI is InChI=1S/C18H11Cl3N2O3/c1-9(2)25-18(24)10-5-3-4-6-13(10)26-17-15(20)12(8-23)11(7-22)14(19)16(17)21/h3-6,9H,1-2H3. The van der Waals surface area contributed by atoms with E-state index in [1.54, 1.807) is 38.1 Å². The zero-order chi connectivity index (χ0) is 19.4.